The van der Waals surface area contributed by atoms with E-state index in [0.29, 0.717) is 26.3 Å². The molecule has 3 aromatic rings. The van der Waals surface area contributed by atoms with Gasteiger partial charge in [0.15, 0.2) is 16.5 Å². The van der Waals surface area contributed by atoms with Crippen LogP contribution in [0, 0.1) is 0 Å². The van der Waals surface area contributed by atoms with E-state index in [4.69, 9.17) is 9.47 Å². The topological polar surface area (TPSA) is 73.1 Å². The van der Waals surface area contributed by atoms with E-state index in [1.807, 2.05) is 0 Å². The Bertz CT molecular complexity index is 1250. The summed E-state index contributed by atoms with van der Waals surface area (Å²) in [5.41, 5.74) is 1.44. The lowest BCUT2D eigenvalue weighted by atomic mass is 10.1. The van der Waals surface area contributed by atoms with Crippen LogP contribution in [0.5, 0.6) is 17.2 Å². The molecule has 164 valence electrons. The summed E-state index contributed by atoms with van der Waals surface area (Å²) in [7, 11) is 2.82. The molecule has 0 aliphatic heterocycles. The van der Waals surface area contributed by atoms with Gasteiger partial charge in [-0.1, -0.05) is 29.6 Å². The van der Waals surface area contributed by atoms with Crippen molar-refractivity contribution >= 4 is 27.9 Å². The quantitative estimate of drug-likeness (QED) is 0.574. The molecule has 0 spiro atoms. The van der Waals surface area contributed by atoms with Gasteiger partial charge in [-0.05, 0) is 36.3 Å². The number of methoxy groups -OCH3 is 2. The van der Waals surface area contributed by atoms with Crippen molar-refractivity contribution in [1.82, 2.24) is 9.38 Å². The average Bonchev–Trinajstić information content (AvgIpc) is 3.25. The van der Waals surface area contributed by atoms with Crippen molar-refractivity contribution in [2.24, 2.45) is 0 Å². The summed E-state index contributed by atoms with van der Waals surface area (Å²) >= 11 is 1.17. The van der Waals surface area contributed by atoms with Crippen LogP contribution < -0.4 is 19.6 Å². The highest BCUT2D eigenvalue weighted by Crippen LogP contribution is 2.37. The van der Waals surface area contributed by atoms with Gasteiger partial charge in [-0.15, -0.1) is 0 Å². The van der Waals surface area contributed by atoms with E-state index in [9.17, 15) is 23.1 Å². The van der Waals surface area contributed by atoms with Gasteiger partial charge in [-0.2, -0.15) is 13.2 Å². The number of fused-ring (bicyclic) bond motifs is 1. The van der Waals surface area contributed by atoms with Gasteiger partial charge in [0.05, 0.1) is 30.9 Å². The van der Waals surface area contributed by atoms with Gasteiger partial charge in [-0.25, -0.2) is 4.98 Å². The van der Waals surface area contributed by atoms with E-state index >= 15 is 0 Å². The number of allylic oxidation sites excluding steroid dienone is 4. The number of thiazole rings is 1. The molecule has 2 heterocycles. The van der Waals surface area contributed by atoms with Crippen molar-refractivity contribution < 1.29 is 27.8 Å². The van der Waals surface area contributed by atoms with Crippen molar-refractivity contribution in [2.45, 2.75) is 19.5 Å². The Balaban J connectivity index is 1.94. The van der Waals surface area contributed by atoms with Crippen molar-refractivity contribution in [3.8, 4) is 17.2 Å². The molecule has 1 aromatic carbocycles. The molecule has 2 aromatic heterocycles. The molecule has 0 amide bonds. The third-order valence-corrected chi connectivity index (χ3v) is 5.32. The summed E-state index contributed by atoms with van der Waals surface area (Å²) in [5, 5.41) is 10.0. The average molecular weight is 452 g/mol. The number of imidazole rings is 1. The predicted molar refractivity (Wildman–Crippen MR) is 113 cm³/mol. The van der Waals surface area contributed by atoms with Crippen LogP contribution in [-0.2, 0) is 0 Å². The molecule has 0 unspecified atom stereocenters. The number of halogens is 3. The molecule has 0 saturated heterocycles. The Morgan fingerprint density at radius 3 is 2.45 bits per heavy atom. The molecule has 1 N–H and O–H groups in total. The zero-order valence-corrected chi connectivity index (χ0v) is 17.7. The monoisotopic (exact) mass is 452 g/mol. The van der Waals surface area contributed by atoms with E-state index in [-0.39, 0.29) is 22.8 Å². The lowest BCUT2D eigenvalue weighted by molar-refractivity contribution is -0.125. The number of aromatic hydroxyl groups is 1. The number of hydrogen-bond donors (Lipinski definition) is 1. The fraction of sp³-hybridized carbons (Fsp3) is 0.238. The van der Waals surface area contributed by atoms with E-state index in [1.165, 1.54) is 42.1 Å². The fourth-order valence-corrected chi connectivity index (χ4v) is 3.73. The number of phenolic OH excluding ortho intramolecular Hbond substituents is 1. The number of hydrogen-bond acceptors (Lipinski definition) is 6. The predicted octanol–water partition coefficient (Wildman–Crippen LogP) is 3.94. The number of rotatable bonds is 6. The van der Waals surface area contributed by atoms with Gasteiger partial charge >= 0.3 is 6.18 Å². The summed E-state index contributed by atoms with van der Waals surface area (Å²) in [6.45, 7) is 1.71. The molecule has 0 atom stereocenters. The van der Waals surface area contributed by atoms with Gasteiger partial charge in [0, 0.05) is 6.20 Å². The molecule has 10 heteroatoms. The van der Waals surface area contributed by atoms with Gasteiger partial charge in [0.1, 0.15) is 0 Å². The van der Waals surface area contributed by atoms with Gasteiger partial charge in [0.2, 0.25) is 5.75 Å². The maximum absolute atomic E-state index is 12.7. The fourth-order valence-electron chi connectivity index (χ4n) is 2.77. The van der Waals surface area contributed by atoms with E-state index in [1.54, 1.807) is 31.3 Å². The van der Waals surface area contributed by atoms with Gasteiger partial charge < -0.3 is 14.6 Å². The number of benzene rings is 1. The highest BCUT2D eigenvalue weighted by molar-refractivity contribution is 7.15. The lowest BCUT2D eigenvalue weighted by Crippen LogP contribution is -2.22. The molecule has 0 aliphatic carbocycles. The summed E-state index contributed by atoms with van der Waals surface area (Å²) in [4.78, 5) is 17.6. The largest absolute Gasteiger partial charge is 0.502 e. The zero-order chi connectivity index (χ0) is 22.8. The van der Waals surface area contributed by atoms with Crippen LogP contribution in [0.25, 0.3) is 16.6 Å². The third kappa shape index (κ3) is 5.08. The molecule has 3 rings (SSSR count). The zero-order valence-electron chi connectivity index (χ0n) is 16.9. The molecule has 0 aliphatic rings. The smallest absolute Gasteiger partial charge is 0.392 e. The molecule has 31 heavy (non-hydrogen) atoms. The molecule has 0 fully saturated rings. The number of nitrogens with zero attached hydrogens (tertiary/aromatic N) is 2. The Morgan fingerprint density at radius 1 is 1.26 bits per heavy atom. The van der Waals surface area contributed by atoms with Crippen molar-refractivity contribution in [3.63, 3.8) is 0 Å². The van der Waals surface area contributed by atoms with Crippen molar-refractivity contribution in [2.75, 3.05) is 14.2 Å². The number of alkyl halides is 3. The highest BCUT2D eigenvalue weighted by atomic mass is 32.1. The second kappa shape index (κ2) is 8.84. The van der Waals surface area contributed by atoms with Crippen molar-refractivity contribution in [3.05, 3.63) is 62.7 Å². The first kappa shape index (κ1) is 22.4. The summed E-state index contributed by atoms with van der Waals surface area (Å²) in [5.74, 6) is 0.281. The number of ether oxygens (including phenoxy) is 2. The Labute approximate surface area is 179 Å². The van der Waals surface area contributed by atoms with Crippen molar-refractivity contribution in [1.29, 1.82) is 0 Å². The van der Waals surface area contributed by atoms with Crippen LogP contribution in [-0.4, -0.2) is 34.9 Å². The SMILES string of the molecule is COc1cc(/C=c2\sc3nc(/C(C)=C/C=C\CC(F)(F)F)cn3c2=O)cc(OC)c1O. The number of aromatic nitrogens is 2. The van der Waals surface area contributed by atoms with E-state index < -0.39 is 12.6 Å². The van der Waals surface area contributed by atoms with Crippen LogP contribution >= 0.6 is 11.3 Å². The maximum atomic E-state index is 12.7. The summed E-state index contributed by atoms with van der Waals surface area (Å²) < 4.78 is 48.6. The van der Waals surface area contributed by atoms with Crippen LogP contribution in [0.4, 0.5) is 13.2 Å². The third-order valence-electron chi connectivity index (χ3n) is 4.34. The molecule has 6 nitrogen and oxygen atoms in total. The Hall–Kier alpha value is -3.27. The minimum Gasteiger partial charge on any atom is -0.502 e. The highest BCUT2D eigenvalue weighted by Gasteiger charge is 2.24. The standard InChI is InChI=1S/C21H19F3N2O4S/c1-12(6-4-5-7-21(22,23)24)14-11-26-19(28)17(31-20(26)25-14)10-13-8-15(29-2)18(27)16(9-13)30-3/h4-6,8-11,27H,7H2,1-3H3/b5-4-,12-6+,17-10-. The maximum Gasteiger partial charge on any atom is 0.392 e. The first-order valence-corrected chi connectivity index (χ1v) is 9.83. The second-order valence-corrected chi connectivity index (χ2v) is 7.57. The van der Waals surface area contributed by atoms with Crippen LogP contribution in [0.15, 0.2) is 41.4 Å². The summed E-state index contributed by atoms with van der Waals surface area (Å²) in [6, 6.07) is 3.15. The first-order valence-electron chi connectivity index (χ1n) is 9.02. The van der Waals surface area contributed by atoms with Crippen LogP contribution in [0.1, 0.15) is 24.6 Å². The van der Waals surface area contributed by atoms with E-state index in [0.717, 1.165) is 6.08 Å². The minimum atomic E-state index is -4.24. The van der Waals surface area contributed by atoms with Gasteiger partial charge in [0.25, 0.3) is 5.56 Å². The molecular weight excluding hydrogens is 433 g/mol. The lowest BCUT2D eigenvalue weighted by Gasteiger charge is -2.09. The Kier molecular flexibility index (Phi) is 6.40. The normalized spacial score (nSPS) is 13.5. The van der Waals surface area contributed by atoms with Gasteiger partial charge in [-0.3, -0.25) is 9.20 Å². The minimum absolute atomic E-state index is 0.137. The van der Waals surface area contributed by atoms with E-state index in [2.05, 4.69) is 4.98 Å². The summed E-state index contributed by atoms with van der Waals surface area (Å²) in [6.07, 6.45) is 1.79. The first-order chi connectivity index (χ1) is 14.6. The van der Waals surface area contributed by atoms with Crippen LogP contribution in [0.2, 0.25) is 0 Å². The number of phenols is 1. The van der Waals surface area contributed by atoms with Crippen LogP contribution in [0.3, 0.4) is 0 Å². The Morgan fingerprint density at radius 2 is 1.90 bits per heavy atom. The molecule has 0 radical (unpaired) electrons. The molecular formula is C21H19F3N2O4S. The molecule has 0 saturated carbocycles. The molecule has 0 bridgehead atoms. The second-order valence-electron chi connectivity index (χ2n) is 6.57.